The highest BCUT2D eigenvalue weighted by molar-refractivity contribution is 6.32. The van der Waals surface area contributed by atoms with Gasteiger partial charge in [0.15, 0.2) is 0 Å². The maximum absolute atomic E-state index is 13.6. The van der Waals surface area contributed by atoms with Crippen LogP contribution in [0, 0.1) is 5.82 Å². The molecule has 0 radical (unpaired) electrons. The number of piperazine rings is 2. The molecular weight excluding hydrogens is 553 g/mol. The fourth-order valence-corrected chi connectivity index (χ4v) is 5.42. The first-order valence-electron chi connectivity index (χ1n) is 13.2. The Hall–Kier alpha value is -3.83. The predicted molar refractivity (Wildman–Crippen MR) is 154 cm³/mol. The molecule has 0 aliphatic carbocycles. The number of nitrogens with zero attached hydrogens (tertiary/aromatic N) is 3. The van der Waals surface area contributed by atoms with E-state index in [-0.39, 0.29) is 28.8 Å². The van der Waals surface area contributed by atoms with Crippen molar-refractivity contribution < 1.29 is 28.2 Å². The number of fused-ring (bicyclic) bond motifs is 2. The molecule has 41 heavy (non-hydrogen) atoms. The Labute approximate surface area is 243 Å². The number of carbonyl (C=O) groups is 3. The van der Waals surface area contributed by atoms with Crippen molar-refractivity contribution in [3.63, 3.8) is 0 Å². The van der Waals surface area contributed by atoms with Crippen molar-refractivity contribution in [2.24, 2.45) is 5.73 Å². The minimum Gasteiger partial charge on any atom is -0.495 e. The van der Waals surface area contributed by atoms with Crippen LogP contribution >= 0.6 is 11.6 Å². The Morgan fingerprint density at radius 1 is 1.10 bits per heavy atom. The number of ether oxygens (including phenoxy) is 2. The summed E-state index contributed by atoms with van der Waals surface area (Å²) in [6, 6.07) is 8.05. The monoisotopic (exact) mass is 587 g/mol. The van der Waals surface area contributed by atoms with Crippen molar-refractivity contribution in [2.75, 3.05) is 38.6 Å². The molecule has 2 atom stereocenters. The number of hydrogen-bond acceptors (Lipinski definition) is 6. The van der Waals surface area contributed by atoms with Gasteiger partial charge < -0.3 is 30.3 Å². The maximum atomic E-state index is 13.6. The maximum Gasteiger partial charge on any atom is 0.410 e. The zero-order valence-electron chi connectivity index (χ0n) is 23.5. The minimum absolute atomic E-state index is 0.246. The van der Waals surface area contributed by atoms with E-state index in [1.54, 1.807) is 34.1 Å². The number of carbonyl (C=O) groups excluding carboxylic acids is 3. The summed E-state index contributed by atoms with van der Waals surface area (Å²) in [6.45, 7) is 7.65. The predicted octanol–water partition coefficient (Wildman–Crippen LogP) is 4.32. The average molecular weight is 588 g/mol. The molecule has 0 aromatic heterocycles. The molecule has 4 amide bonds. The minimum atomic E-state index is -0.777. The van der Waals surface area contributed by atoms with E-state index in [0.29, 0.717) is 49.7 Å². The van der Waals surface area contributed by atoms with E-state index in [0.717, 1.165) is 5.56 Å². The second kappa shape index (κ2) is 12.4. The third-order valence-corrected chi connectivity index (χ3v) is 7.10. The van der Waals surface area contributed by atoms with Crippen LogP contribution in [0.15, 0.2) is 42.5 Å². The van der Waals surface area contributed by atoms with Gasteiger partial charge >= 0.3 is 12.1 Å². The van der Waals surface area contributed by atoms with Crippen molar-refractivity contribution in [1.82, 2.24) is 14.7 Å². The van der Waals surface area contributed by atoms with Crippen molar-refractivity contribution in [2.45, 2.75) is 45.0 Å². The number of amides is 4. The molecule has 2 aliphatic heterocycles. The molecule has 2 heterocycles. The Bertz CT molecular complexity index is 1310. The van der Waals surface area contributed by atoms with E-state index in [2.05, 4.69) is 10.2 Å². The molecule has 12 heteroatoms. The van der Waals surface area contributed by atoms with Crippen LogP contribution in [0.3, 0.4) is 0 Å². The molecule has 0 spiro atoms. The number of hydrogen-bond donors (Lipinski definition) is 2. The van der Waals surface area contributed by atoms with E-state index >= 15 is 0 Å². The number of methoxy groups -OCH3 is 1. The zero-order chi connectivity index (χ0) is 29.9. The summed E-state index contributed by atoms with van der Waals surface area (Å²) in [7, 11) is 1.46. The molecule has 4 rings (SSSR count). The number of urea groups is 1. The third kappa shape index (κ3) is 7.68. The Kier molecular flexibility index (Phi) is 9.08. The van der Waals surface area contributed by atoms with E-state index in [1.165, 1.54) is 31.4 Å². The largest absolute Gasteiger partial charge is 0.495 e. The van der Waals surface area contributed by atoms with Gasteiger partial charge in [0.05, 0.1) is 29.9 Å². The second-order valence-corrected chi connectivity index (χ2v) is 11.6. The van der Waals surface area contributed by atoms with Crippen LogP contribution in [0.2, 0.25) is 5.02 Å². The van der Waals surface area contributed by atoms with Gasteiger partial charge in [0.1, 0.15) is 17.2 Å². The lowest BCUT2D eigenvalue weighted by atomic mass is 9.99. The van der Waals surface area contributed by atoms with Crippen LogP contribution in [0.5, 0.6) is 5.75 Å². The summed E-state index contributed by atoms with van der Waals surface area (Å²) < 4.78 is 24.3. The van der Waals surface area contributed by atoms with E-state index in [1.807, 2.05) is 20.8 Å². The van der Waals surface area contributed by atoms with Gasteiger partial charge in [-0.2, -0.15) is 0 Å². The van der Waals surface area contributed by atoms with Gasteiger partial charge in [-0.25, -0.2) is 14.0 Å². The number of nitrogens with one attached hydrogen (secondary N) is 1. The van der Waals surface area contributed by atoms with Gasteiger partial charge in [0.2, 0.25) is 5.91 Å². The third-order valence-electron chi connectivity index (χ3n) is 6.80. The standard InChI is InChI=1S/C29H35ClFN5O5/c1-29(2,3)41-28(39)35-16-21-14-34(13-18-5-8-20(31)9-6-18)15-22(17-35)36(21)26(37)10-7-19-11-25(40-4)23(30)12-24(19)33-27(32)38/h5-12,21-22H,13-17H2,1-4H3,(H3,32,33,38). The lowest BCUT2D eigenvalue weighted by Gasteiger charge is -2.52. The van der Waals surface area contributed by atoms with Crippen LogP contribution in [0.25, 0.3) is 6.08 Å². The summed E-state index contributed by atoms with van der Waals surface area (Å²) in [5, 5.41) is 2.78. The molecule has 3 N–H and O–H groups in total. The number of primary amides is 1. The number of rotatable bonds is 6. The first-order valence-corrected chi connectivity index (χ1v) is 13.6. The van der Waals surface area contributed by atoms with Crippen molar-refractivity contribution >= 4 is 41.4 Å². The summed E-state index contributed by atoms with van der Waals surface area (Å²) in [6.07, 6.45) is 2.57. The molecule has 2 unspecified atom stereocenters. The Morgan fingerprint density at radius 3 is 2.29 bits per heavy atom. The Balaban J connectivity index is 1.57. The Morgan fingerprint density at radius 2 is 1.73 bits per heavy atom. The van der Waals surface area contributed by atoms with E-state index < -0.39 is 17.7 Å². The SMILES string of the molecule is COc1cc(C=CC(=O)N2C3CN(Cc4ccc(F)cc4)CC2CN(C(=O)OC(C)(C)C)C3)c(NC(N)=O)cc1Cl. The van der Waals surface area contributed by atoms with Gasteiger partial charge in [-0.1, -0.05) is 23.7 Å². The van der Waals surface area contributed by atoms with Gasteiger partial charge in [0.25, 0.3) is 0 Å². The first kappa shape index (κ1) is 30.1. The summed E-state index contributed by atoms with van der Waals surface area (Å²) in [4.78, 5) is 43.7. The highest BCUT2D eigenvalue weighted by Crippen LogP contribution is 2.32. The summed E-state index contributed by atoms with van der Waals surface area (Å²) >= 11 is 6.21. The molecule has 2 bridgehead atoms. The van der Waals surface area contributed by atoms with Gasteiger partial charge in [0, 0.05) is 44.4 Å². The van der Waals surface area contributed by atoms with E-state index in [9.17, 15) is 18.8 Å². The van der Waals surface area contributed by atoms with Crippen LogP contribution in [-0.2, 0) is 16.1 Å². The fourth-order valence-electron chi connectivity index (χ4n) is 5.18. The zero-order valence-corrected chi connectivity index (χ0v) is 24.3. The van der Waals surface area contributed by atoms with Crippen molar-refractivity contribution in [1.29, 1.82) is 0 Å². The summed E-state index contributed by atoms with van der Waals surface area (Å²) in [5.41, 5.74) is 6.43. The number of anilines is 1. The van der Waals surface area contributed by atoms with Crippen molar-refractivity contribution in [3.05, 3.63) is 64.4 Å². The lowest BCUT2D eigenvalue weighted by molar-refractivity contribution is -0.140. The van der Waals surface area contributed by atoms with Crippen LogP contribution in [0.1, 0.15) is 31.9 Å². The van der Waals surface area contributed by atoms with Gasteiger partial charge in [-0.05, 0) is 56.7 Å². The molecule has 2 aromatic rings. The van der Waals surface area contributed by atoms with Gasteiger partial charge in [-0.3, -0.25) is 9.69 Å². The highest BCUT2D eigenvalue weighted by Gasteiger charge is 2.44. The van der Waals surface area contributed by atoms with Crippen LogP contribution in [-0.4, -0.2) is 83.7 Å². The molecule has 2 saturated heterocycles. The van der Waals surface area contributed by atoms with Crippen LogP contribution < -0.4 is 15.8 Å². The molecule has 2 fully saturated rings. The number of benzene rings is 2. The molecule has 0 saturated carbocycles. The normalized spacial score (nSPS) is 19.3. The number of halogens is 2. The first-order chi connectivity index (χ1) is 19.3. The highest BCUT2D eigenvalue weighted by atomic mass is 35.5. The molecule has 2 aliphatic rings. The van der Waals surface area contributed by atoms with Crippen LogP contribution in [0.4, 0.5) is 19.7 Å². The number of nitrogens with two attached hydrogens (primary N) is 1. The molecular formula is C29H35ClFN5O5. The molecule has 2 aromatic carbocycles. The lowest BCUT2D eigenvalue weighted by Crippen LogP contribution is -2.70. The quantitative estimate of drug-likeness (QED) is 0.486. The topological polar surface area (TPSA) is 117 Å². The van der Waals surface area contributed by atoms with Crippen molar-refractivity contribution in [3.8, 4) is 5.75 Å². The molecule has 10 nitrogen and oxygen atoms in total. The fraction of sp³-hybridized carbons (Fsp3) is 0.414. The smallest absolute Gasteiger partial charge is 0.410 e. The molecule has 220 valence electrons. The average Bonchev–Trinajstić information content (AvgIpc) is 2.87. The van der Waals surface area contributed by atoms with E-state index in [4.69, 9.17) is 26.8 Å². The summed E-state index contributed by atoms with van der Waals surface area (Å²) in [5.74, 6) is -0.175. The van der Waals surface area contributed by atoms with Gasteiger partial charge in [-0.15, -0.1) is 0 Å². The second-order valence-electron chi connectivity index (χ2n) is 11.2.